The summed E-state index contributed by atoms with van der Waals surface area (Å²) >= 11 is 6.02. The standard InChI is InChI=1S/C14H21ClN2O3S/c1-10-7-13(20-2)12(15)8-14(10)21(18,19)17-6-4-11-3-5-16-9-11/h7-8,11,16-17H,3-6,9H2,1-2H3. The number of aryl methyl sites for hydroxylation is 1. The fourth-order valence-corrected chi connectivity index (χ4v) is 4.12. The maximum absolute atomic E-state index is 12.4. The van der Waals surface area contributed by atoms with Crippen LogP contribution in [0.15, 0.2) is 17.0 Å². The number of halogens is 1. The van der Waals surface area contributed by atoms with Crippen molar-refractivity contribution in [1.82, 2.24) is 10.0 Å². The van der Waals surface area contributed by atoms with E-state index in [1.54, 1.807) is 13.0 Å². The number of nitrogens with one attached hydrogen (secondary N) is 2. The third kappa shape index (κ3) is 4.10. The van der Waals surface area contributed by atoms with Crippen LogP contribution in [-0.2, 0) is 10.0 Å². The molecule has 0 amide bonds. The Morgan fingerprint density at radius 1 is 1.48 bits per heavy atom. The molecule has 1 heterocycles. The molecule has 21 heavy (non-hydrogen) atoms. The third-order valence-electron chi connectivity index (χ3n) is 3.75. The number of hydrogen-bond donors (Lipinski definition) is 2. The summed E-state index contributed by atoms with van der Waals surface area (Å²) in [4.78, 5) is 0.206. The van der Waals surface area contributed by atoms with Gasteiger partial charge in [0.05, 0.1) is 17.0 Å². The predicted molar refractivity (Wildman–Crippen MR) is 83.5 cm³/mol. The highest BCUT2D eigenvalue weighted by molar-refractivity contribution is 7.89. The summed E-state index contributed by atoms with van der Waals surface area (Å²) < 4.78 is 32.4. The topological polar surface area (TPSA) is 67.4 Å². The van der Waals surface area contributed by atoms with Gasteiger partial charge in [-0.05, 0) is 56.5 Å². The summed E-state index contributed by atoms with van der Waals surface area (Å²) in [6, 6.07) is 3.08. The van der Waals surface area contributed by atoms with Gasteiger partial charge in [-0.3, -0.25) is 0 Å². The first-order valence-corrected chi connectivity index (χ1v) is 8.84. The zero-order valence-corrected chi connectivity index (χ0v) is 13.9. The molecule has 1 aromatic carbocycles. The molecule has 0 aliphatic carbocycles. The lowest BCUT2D eigenvalue weighted by molar-refractivity contribution is 0.414. The van der Waals surface area contributed by atoms with Crippen molar-refractivity contribution in [3.05, 3.63) is 22.7 Å². The molecule has 2 N–H and O–H groups in total. The first-order valence-electron chi connectivity index (χ1n) is 6.98. The van der Waals surface area contributed by atoms with Crippen LogP contribution in [0.1, 0.15) is 18.4 Å². The quantitative estimate of drug-likeness (QED) is 0.835. The fraction of sp³-hybridized carbons (Fsp3) is 0.571. The molecule has 1 aliphatic heterocycles. The first-order chi connectivity index (χ1) is 9.94. The maximum Gasteiger partial charge on any atom is 0.240 e. The molecule has 2 rings (SSSR count). The molecule has 0 saturated carbocycles. The van der Waals surface area contributed by atoms with Crippen LogP contribution in [-0.4, -0.2) is 35.2 Å². The van der Waals surface area contributed by atoms with E-state index in [1.165, 1.54) is 13.2 Å². The van der Waals surface area contributed by atoms with Gasteiger partial charge in [0.1, 0.15) is 5.75 Å². The van der Waals surface area contributed by atoms with Crippen molar-refractivity contribution in [2.24, 2.45) is 5.92 Å². The minimum atomic E-state index is -3.54. The van der Waals surface area contributed by atoms with Gasteiger partial charge in [-0.15, -0.1) is 0 Å². The van der Waals surface area contributed by atoms with E-state index in [1.807, 2.05) is 0 Å². The van der Waals surface area contributed by atoms with Crippen LogP contribution < -0.4 is 14.8 Å². The minimum Gasteiger partial charge on any atom is -0.495 e. The third-order valence-corrected chi connectivity index (χ3v) is 5.64. The van der Waals surface area contributed by atoms with Crippen molar-refractivity contribution in [2.45, 2.75) is 24.7 Å². The van der Waals surface area contributed by atoms with Gasteiger partial charge >= 0.3 is 0 Å². The first kappa shape index (κ1) is 16.5. The van der Waals surface area contributed by atoms with Crippen molar-refractivity contribution in [1.29, 1.82) is 0 Å². The second-order valence-corrected chi connectivity index (χ2v) is 7.44. The summed E-state index contributed by atoms with van der Waals surface area (Å²) in [6.45, 7) is 4.16. The van der Waals surface area contributed by atoms with Gasteiger partial charge in [-0.25, -0.2) is 13.1 Å². The highest BCUT2D eigenvalue weighted by Gasteiger charge is 2.20. The van der Waals surface area contributed by atoms with Crippen molar-refractivity contribution in [2.75, 3.05) is 26.7 Å². The van der Waals surface area contributed by atoms with E-state index in [-0.39, 0.29) is 4.90 Å². The molecule has 1 unspecified atom stereocenters. The molecule has 0 radical (unpaired) electrons. The number of hydrogen-bond acceptors (Lipinski definition) is 4. The molecule has 0 aromatic heterocycles. The normalized spacial score (nSPS) is 18.9. The Kier molecular flexibility index (Phi) is 5.48. The van der Waals surface area contributed by atoms with Gasteiger partial charge in [-0.2, -0.15) is 0 Å². The Hall–Kier alpha value is -0.820. The maximum atomic E-state index is 12.4. The molecule has 7 heteroatoms. The lowest BCUT2D eigenvalue weighted by atomic mass is 10.1. The number of rotatable bonds is 6. The van der Waals surface area contributed by atoms with Crippen LogP contribution in [0.4, 0.5) is 0 Å². The highest BCUT2D eigenvalue weighted by Crippen LogP contribution is 2.30. The van der Waals surface area contributed by atoms with Crippen LogP contribution in [0.5, 0.6) is 5.75 Å². The minimum absolute atomic E-state index is 0.206. The highest BCUT2D eigenvalue weighted by atomic mass is 35.5. The predicted octanol–water partition coefficient (Wildman–Crippen LogP) is 1.93. The van der Waals surface area contributed by atoms with Crippen molar-refractivity contribution in [3.8, 4) is 5.75 Å². The Bertz CT molecular complexity index is 598. The summed E-state index contributed by atoms with van der Waals surface area (Å²) in [6.07, 6.45) is 1.95. The van der Waals surface area contributed by atoms with Gasteiger partial charge in [0.15, 0.2) is 0 Å². The average molecular weight is 333 g/mol. The Morgan fingerprint density at radius 2 is 2.24 bits per heavy atom. The SMILES string of the molecule is COc1cc(C)c(S(=O)(=O)NCCC2CCNC2)cc1Cl. The second kappa shape index (κ2) is 6.96. The van der Waals surface area contributed by atoms with E-state index in [4.69, 9.17) is 16.3 Å². The number of ether oxygens (including phenoxy) is 1. The van der Waals surface area contributed by atoms with Crippen LogP contribution >= 0.6 is 11.6 Å². The zero-order valence-electron chi connectivity index (χ0n) is 12.3. The largest absolute Gasteiger partial charge is 0.495 e. The monoisotopic (exact) mass is 332 g/mol. The molecular formula is C14H21ClN2O3S. The number of sulfonamides is 1. The summed E-state index contributed by atoms with van der Waals surface area (Å²) in [5.74, 6) is 1.03. The van der Waals surface area contributed by atoms with E-state index in [9.17, 15) is 8.42 Å². The van der Waals surface area contributed by atoms with Crippen LogP contribution in [0, 0.1) is 12.8 Å². The molecule has 1 aliphatic rings. The van der Waals surface area contributed by atoms with Gasteiger partial charge in [0.25, 0.3) is 0 Å². The molecule has 1 atom stereocenters. The summed E-state index contributed by atoms with van der Waals surface area (Å²) in [7, 11) is -2.04. The molecule has 5 nitrogen and oxygen atoms in total. The molecule has 1 aromatic rings. The average Bonchev–Trinajstić information content (AvgIpc) is 2.93. The lowest BCUT2D eigenvalue weighted by Gasteiger charge is -2.13. The van der Waals surface area contributed by atoms with E-state index < -0.39 is 10.0 Å². The Labute approximate surface area is 131 Å². The summed E-state index contributed by atoms with van der Waals surface area (Å²) in [5, 5.41) is 3.57. The fourth-order valence-electron chi connectivity index (χ4n) is 2.52. The zero-order chi connectivity index (χ0) is 15.5. The molecule has 0 spiro atoms. The lowest BCUT2D eigenvalue weighted by Crippen LogP contribution is -2.27. The smallest absolute Gasteiger partial charge is 0.240 e. The molecular weight excluding hydrogens is 312 g/mol. The molecule has 1 fully saturated rings. The molecule has 118 valence electrons. The van der Waals surface area contributed by atoms with Crippen molar-refractivity contribution >= 4 is 21.6 Å². The summed E-state index contributed by atoms with van der Waals surface area (Å²) in [5.41, 5.74) is 0.617. The van der Waals surface area contributed by atoms with E-state index in [0.717, 1.165) is 25.9 Å². The molecule has 1 saturated heterocycles. The van der Waals surface area contributed by atoms with Gasteiger partial charge in [-0.1, -0.05) is 11.6 Å². The molecule has 0 bridgehead atoms. The van der Waals surface area contributed by atoms with E-state index in [2.05, 4.69) is 10.0 Å². The van der Waals surface area contributed by atoms with Crippen molar-refractivity contribution < 1.29 is 13.2 Å². The Morgan fingerprint density at radius 3 is 2.86 bits per heavy atom. The van der Waals surface area contributed by atoms with Gasteiger partial charge in [0.2, 0.25) is 10.0 Å². The van der Waals surface area contributed by atoms with Crippen LogP contribution in [0.2, 0.25) is 5.02 Å². The number of methoxy groups -OCH3 is 1. The van der Waals surface area contributed by atoms with Gasteiger partial charge < -0.3 is 10.1 Å². The second-order valence-electron chi connectivity index (χ2n) is 5.30. The van der Waals surface area contributed by atoms with Crippen LogP contribution in [0.25, 0.3) is 0 Å². The van der Waals surface area contributed by atoms with Crippen LogP contribution in [0.3, 0.4) is 0 Å². The Balaban J connectivity index is 2.06. The van der Waals surface area contributed by atoms with Crippen molar-refractivity contribution in [3.63, 3.8) is 0 Å². The van der Waals surface area contributed by atoms with E-state index in [0.29, 0.717) is 28.8 Å². The number of benzene rings is 1. The van der Waals surface area contributed by atoms with E-state index >= 15 is 0 Å². The van der Waals surface area contributed by atoms with Gasteiger partial charge in [0, 0.05) is 6.54 Å².